The summed E-state index contributed by atoms with van der Waals surface area (Å²) in [4.78, 5) is 11.9. The third-order valence-corrected chi connectivity index (χ3v) is 4.19. The summed E-state index contributed by atoms with van der Waals surface area (Å²) in [6.07, 6.45) is 0.162. The molecule has 0 bridgehead atoms. The van der Waals surface area contributed by atoms with Crippen molar-refractivity contribution in [3.8, 4) is 0 Å². The first kappa shape index (κ1) is 13.8. The molecule has 1 aliphatic heterocycles. The van der Waals surface area contributed by atoms with Crippen LogP contribution in [0.3, 0.4) is 0 Å². The Morgan fingerprint density at radius 3 is 2.57 bits per heavy atom. The van der Waals surface area contributed by atoms with E-state index in [4.69, 9.17) is 0 Å². The first-order chi connectivity index (χ1) is 10.1. The minimum atomic E-state index is -0.662. The van der Waals surface area contributed by atoms with Crippen LogP contribution >= 0.6 is 0 Å². The molecule has 1 heterocycles. The van der Waals surface area contributed by atoms with Gasteiger partial charge in [0, 0.05) is 5.69 Å². The van der Waals surface area contributed by atoms with Crippen LogP contribution < -0.4 is 5.32 Å². The molecule has 0 radical (unpaired) electrons. The highest BCUT2D eigenvalue weighted by Gasteiger charge is 2.29. The Bertz CT molecular complexity index is 679. The summed E-state index contributed by atoms with van der Waals surface area (Å²) < 4.78 is 0. The van der Waals surface area contributed by atoms with Crippen molar-refractivity contribution in [1.82, 2.24) is 0 Å². The van der Waals surface area contributed by atoms with Gasteiger partial charge in [0.1, 0.15) is 6.10 Å². The monoisotopic (exact) mass is 281 g/mol. The van der Waals surface area contributed by atoms with Crippen LogP contribution in [0.5, 0.6) is 0 Å². The van der Waals surface area contributed by atoms with Gasteiger partial charge in [-0.1, -0.05) is 43.3 Å². The molecule has 0 aliphatic carbocycles. The SMILES string of the molecule is CCc1cc(C(O)c2ccccc2)cc2c1NC(=O)C2C. The maximum absolute atomic E-state index is 11.9. The van der Waals surface area contributed by atoms with Gasteiger partial charge in [0.25, 0.3) is 0 Å². The van der Waals surface area contributed by atoms with E-state index in [2.05, 4.69) is 12.2 Å². The maximum atomic E-state index is 11.9. The topological polar surface area (TPSA) is 49.3 Å². The van der Waals surface area contributed by atoms with E-state index in [9.17, 15) is 9.90 Å². The number of anilines is 1. The molecule has 1 aliphatic rings. The minimum Gasteiger partial charge on any atom is -0.384 e. The van der Waals surface area contributed by atoms with Gasteiger partial charge in [-0.15, -0.1) is 0 Å². The third-order valence-electron chi connectivity index (χ3n) is 4.19. The zero-order valence-electron chi connectivity index (χ0n) is 12.3. The van der Waals surface area contributed by atoms with Gasteiger partial charge in [-0.25, -0.2) is 0 Å². The number of aliphatic hydroxyl groups excluding tert-OH is 1. The number of aryl methyl sites for hydroxylation is 1. The lowest BCUT2D eigenvalue weighted by molar-refractivity contribution is -0.116. The van der Waals surface area contributed by atoms with Crippen molar-refractivity contribution in [2.24, 2.45) is 0 Å². The highest BCUT2D eigenvalue weighted by Crippen LogP contribution is 2.38. The molecule has 2 unspecified atom stereocenters. The van der Waals surface area contributed by atoms with Gasteiger partial charge in [0.15, 0.2) is 0 Å². The van der Waals surface area contributed by atoms with Gasteiger partial charge in [-0.05, 0) is 41.7 Å². The van der Waals surface area contributed by atoms with E-state index in [0.717, 1.165) is 34.4 Å². The Labute approximate surface area is 124 Å². The maximum Gasteiger partial charge on any atom is 0.231 e. The summed E-state index contributed by atoms with van der Waals surface area (Å²) in [6.45, 7) is 3.96. The summed E-state index contributed by atoms with van der Waals surface area (Å²) in [5.41, 5.74) is 4.71. The standard InChI is InChI=1S/C18H19NO2/c1-3-12-9-14(17(20)13-7-5-4-6-8-13)10-15-11(2)18(21)19-16(12)15/h4-11,17,20H,3H2,1-2H3,(H,19,21). The quantitative estimate of drug-likeness (QED) is 0.906. The number of fused-ring (bicyclic) bond motifs is 1. The van der Waals surface area contributed by atoms with E-state index < -0.39 is 6.10 Å². The van der Waals surface area contributed by atoms with Gasteiger partial charge >= 0.3 is 0 Å². The predicted molar refractivity (Wildman–Crippen MR) is 83.4 cm³/mol. The largest absolute Gasteiger partial charge is 0.384 e. The second-order valence-corrected chi connectivity index (χ2v) is 5.52. The number of hydrogen-bond acceptors (Lipinski definition) is 2. The van der Waals surface area contributed by atoms with Crippen LogP contribution in [-0.2, 0) is 11.2 Å². The van der Waals surface area contributed by atoms with Gasteiger partial charge in [-0.3, -0.25) is 4.79 Å². The molecule has 3 nitrogen and oxygen atoms in total. The van der Waals surface area contributed by atoms with E-state index in [-0.39, 0.29) is 11.8 Å². The Morgan fingerprint density at radius 2 is 1.90 bits per heavy atom. The van der Waals surface area contributed by atoms with Gasteiger partial charge in [0.2, 0.25) is 5.91 Å². The third kappa shape index (κ3) is 2.34. The predicted octanol–water partition coefficient (Wildman–Crippen LogP) is 3.39. The van der Waals surface area contributed by atoms with Crippen molar-refractivity contribution < 1.29 is 9.90 Å². The molecule has 21 heavy (non-hydrogen) atoms. The molecule has 2 atom stereocenters. The van der Waals surface area contributed by atoms with Crippen molar-refractivity contribution in [1.29, 1.82) is 0 Å². The van der Waals surface area contributed by atoms with Crippen molar-refractivity contribution >= 4 is 11.6 Å². The molecular weight excluding hydrogens is 262 g/mol. The van der Waals surface area contributed by atoms with Crippen LogP contribution in [-0.4, -0.2) is 11.0 Å². The average Bonchev–Trinajstić information content (AvgIpc) is 2.82. The molecule has 2 N–H and O–H groups in total. The molecule has 2 aromatic carbocycles. The molecule has 0 spiro atoms. The van der Waals surface area contributed by atoms with Crippen molar-refractivity contribution in [2.75, 3.05) is 5.32 Å². The highest BCUT2D eigenvalue weighted by atomic mass is 16.3. The molecule has 1 amide bonds. The molecule has 0 aromatic heterocycles. The van der Waals surface area contributed by atoms with Crippen LogP contribution in [0.15, 0.2) is 42.5 Å². The zero-order valence-corrected chi connectivity index (χ0v) is 12.3. The van der Waals surface area contributed by atoms with Crippen LogP contribution in [0.25, 0.3) is 0 Å². The fraction of sp³-hybridized carbons (Fsp3) is 0.278. The molecule has 0 saturated heterocycles. The summed E-state index contributed by atoms with van der Waals surface area (Å²) in [5.74, 6) is -0.126. The minimum absolute atomic E-state index is 0.0334. The summed E-state index contributed by atoms with van der Waals surface area (Å²) in [5, 5.41) is 13.5. The average molecular weight is 281 g/mol. The van der Waals surface area contributed by atoms with Crippen LogP contribution in [0, 0.1) is 0 Å². The second-order valence-electron chi connectivity index (χ2n) is 5.52. The van der Waals surface area contributed by atoms with E-state index in [1.807, 2.05) is 49.4 Å². The highest BCUT2D eigenvalue weighted by molar-refractivity contribution is 6.03. The Kier molecular flexibility index (Phi) is 3.52. The number of benzene rings is 2. The zero-order chi connectivity index (χ0) is 15.0. The lowest BCUT2D eigenvalue weighted by Crippen LogP contribution is -2.08. The number of aliphatic hydroxyl groups is 1. The fourth-order valence-corrected chi connectivity index (χ4v) is 2.88. The molecule has 3 rings (SSSR count). The number of hydrogen-bond donors (Lipinski definition) is 2. The van der Waals surface area contributed by atoms with E-state index in [1.165, 1.54) is 0 Å². The molecule has 2 aromatic rings. The van der Waals surface area contributed by atoms with E-state index >= 15 is 0 Å². The van der Waals surface area contributed by atoms with Crippen LogP contribution in [0.1, 0.15) is 48.1 Å². The number of nitrogens with one attached hydrogen (secondary N) is 1. The number of carbonyl (C=O) groups excluding carboxylic acids is 1. The molecule has 0 fully saturated rings. The number of rotatable bonds is 3. The summed E-state index contributed by atoms with van der Waals surface area (Å²) in [7, 11) is 0. The Balaban J connectivity index is 2.07. The van der Waals surface area contributed by atoms with Gasteiger partial charge in [0.05, 0.1) is 5.92 Å². The molecule has 3 heteroatoms. The van der Waals surface area contributed by atoms with Crippen molar-refractivity contribution in [2.45, 2.75) is 32.3 Å². The lowest BCUT2D eigenvalue weighted by atomic mass is 9.92. The van der Waals surface area contributed by atoms with E-state index in [1.54, 1.807) is 0 Å². The number of carbonyl (C=O) groups is 1. The molecule has 108 valence electrons. The lowest BCUT2D eigenvalue weighted by Gasteiger charge is -2.16. The van der Waals surface area contributed by atoms with Crippen molar-refractivity contribution in [3.05, 3.63) is 64.7 Å². The van der Waals surface area contributed by atoms with Gasteiger partial charge in [-0.2, -0.15) is 0 Å². The van der Waals surface area contributed by atoms with E-state index in [0.29, 0.717) is 0 Å². The number of amides is 1. The first-order valence-corrected chi connectivity index (χ1v) is 7.32. The smallest absolute Gasteiger partial charge is 0.231 e. The molecule has 0 saturated carbocycles. The second kappa shape index (κ2) is 5.34. The van der Waals surface area contributed by atoms with Crippen LogP contribution in [0.2, 0.25) is 0 Å². The summed E-state index contributed by atoms with van der Waals surface area (Å²) in [6, 6.07) is 13.5. The Hall–Kier alpha value is -2.13. The summed E-state index contributed by atoms with van der Waals surface area (Å²) >= 11 is 0. The fourth-order valence-electron chi connectivity index (χ4n) is 2.88. The van der Waals surface area contributed by atoms with Gasteiger partial charge < -0.3 is 10.4 Å². The molecular formula is C18H19NO2. The first-order valence-electron chi connectivity index (χ1n) is 7.32. The van der Waals surface area contributed by atoms with Crippen molar-refractivity contribution in [3.63, 3.8) is 0 Å². The normalized spacial score (nSPS) is 18.2. The van der Waals surface area contributed by atoms with Crippen LogP contribution in [0.4, 0.5) is 5.69 Å². The Morgan fingerprint density at radius 1 is 1.19 bits per heavy atom.